The Morgan fingerprint density at radius 1 is 1.00 bits per heavy atom. The highest BCUT2D eigenvalue weighted by molar-refractivity contribution is 5.95. The summed E-state index contributed by atoms with van der Waals surface area (Å²) in [6.45, 7) is 2.26. The Bertz CT molecular complexity index is 1490. The zero-order valence-electron chi connectivity index (χ0n) is 22.0. The molecule has 3 N–H and O–H groups in total. The van der Waals surface area contributed by atoms with Gasteiger partial charge in [0, 0.05) is 24.4 Å². The number of rotatable bonds is 8. The molecular weight excluding hydrogens is 494 g/mol. The number of nitrogens with zero attached hydrogens (tertiary/aromatic N) is 5. The summed E-state index contributed by atoms with van der Waals surface area (Å²) in [5.74, 6) is -1.84. The molecule has 3 aromatic heterocycles. The van der Waals surface area contributed by atoms with Crippen LogP contribution in [0.5, 0.6) is 0 Å². The predicted octanol–water partition coefficient (Wildman–Crippen LogP) is 4.69. The molecule has 0 unspecified atom stereocenters. The van der Waals surface area contributed by atoms with Gasteiger partial charge in [0.1, 0.15) is 0 Å². The summed E-state index contributed by atoms with van der Waals surface area (Å²) in [7, 11) is 1.87. The van der Waals surface area contributed by atoms with Crippen molar-refractivity contribution in [3.63, 3.8) is 0 Å². The summed E-state index contributed by atoms with van der Waals surface area (Å²) in [5.41, 5.74) is 5.53. The Morgan fingerprint density at radius 2 is 1.77 bits per heavy atom. The van der Waals surface area contributed by atoms with Crippen LogP contribution < -0.4 is 10.6 Å². The van der Waals surface area contributed by atoms with E-state index in [2.05, 4.69) is 25.7 Å². The molecule has 1 aliphatic rings. The number of carbonyl (C=O) groups excluding carboxylic acids is 1. The van der Waals surface area contributed by atoms with Gasteiger partial charge in [-0.1, -0.05) is 43.2 Å². The van der Waals surface area contributed by atoms with E-state index in [0.29, 0.717) is 36.7 Å². The van der Waals surface area contributed by atoms with Gasteiger partial charge in [0.05, 0.1) is 53.0 Å². The molecule has 0 aliphatic heterocycles. The van der Waals surface area contributed by atoms with E-state index in [9.17, 15) is 14.7 Å². The monoisotopic (exact) mass is 525 g/mol. The number of aryl methyl sites for hydroxylation is 2. The van der Waals surface area contributed by atoms with Gasteiger partial charge < -0.3 is 15.7 Å². The third-order valence-electron chi connectivity index (χ3n) is 7.24. The van der Waals surface area contributed by atoms with Gasteiger partial charge in [0.25, 0.3) is 0 Å². The number of carboxylic acids is 1. The third kappa shape index (κ3) is 5.79. The minimum absolute atomic E-state index is 0.260. The van der Waals surface area contributed by atoms with Gasteiger partial charge in [-0.25, -0.2) is 9.97 Å². The average Bonchev–Trinajstić information content (AvgIpc) is 3.33. The Balaban J connectivity index is 1.30. The van der Waals surface area contributed by atoms with Gasteiger partial charge in [0.15, 0.2) is 0 Å². The SMILES string of the molecule is Cc1nc(-c2cnn(C)c2CNc2nccc(-c3ccccc3)n2)ccc1NC(=O)[C@H]1CCCC[C@@H]1C(=O)O. The van der Waals surface area contributed by atoms with Gasteiger partial charge in [-0.2, -0.15) is 5.10 Å². The molecule has 200 valence electrons. The topological polar surface area (TPSA) is 135 Å². The molecule has 39 heavy (non-hydrogen) atoms. The zero-order valence-corrected chi connectivity index (χ0v) is 22.0. The van der Waals surface area contributed by atoms with Crippen LogP contribution in [0.4, 0.5) is 11.6 Å². The lowest BCUT2D eigenvalue weighted by atomic mass is 9.78. The van der Waals surface area contributed by atoms with Crippen molar-refractivity contribution in [2.75, 3.05) is 10.6 Å². The lowest BCUT2D eigenvalue weighted by Crippen LogP contribution is -2.36. The lowest BCUT2D eigenvalue weighted by Gasteiger charge is -2.27. The molecule has 0 saturated heterocycles. The maximum atomic E-state index is 12.9. The number of nitrogens with one attached hydrogen (secondary N) is 2. The first-order chi connectivity index (χ1) is 18.9. The van der Waals surface area contributed by atoms with Crippen molar-refractivity contribution in [2.24, 2.45) is 18.9 Å². The fourth-order valence-electron chi connectivity index (χ4n) is 5.07. The number of hydrogen-bond acceptors (Lipinski definition) is 7. The van der Waals surface area contributed by atoms with Crippen LogP contribution in [-0.4, -0.2) is 41.7 Å². The maximum Gasteiger partial charge on any atom is 0.307 e. The van der Waals surface area contributed by atoms with E-state index in [1.165, 1.54) is 0 Å². The molecule has 0 bridgehead atoms. The summed E-state index contributed by atoms with van der Waals surface area (Å²) < 4.78 is 1.78. The second-order valence-electron chi connectivity index (χ2n) is 9.77. The third-order valence-corrected chi connectivity index (χ3v) is 7.24. The fourth-order valence-corrected chi connectivity index (χ4v) is 5.07. The normalized spacial score (nSPS) is 17.0. The maximum absolute atomic E-state index is 12.9. The second-order valence-corrected chi connectivity index (χ2v) is 9.77. The Morgan fingerprint density at radius 3 is 2.51 bits per heavy atom. The molecular formula is C29H31N7O3. The van der Waals surface area contributed by atoms with Crippen LogP contribution in [0.25, 0.3) is 22.5 Å². The summed E-state index contributed by atoms with van der Waals surface area (Å²) in [6.07, 6.45) is 6.30. The number of benzene rings is 1. The zero-order chi connectivity index (χ0) is 27.4. The molecule has 0 radical (unpaired) electrons. The molecule has 1 saturated carbocycles. The highest BCUT2D eigenvalue weighted by Crippen LogP contribution is 2.32. The van der Waals surface area contributed by atoms with Crippen molar-refractivity contribution < 1.29 is 14.7 Å². The number of amides is 1. The molecule has 10 nitrogen and oxygen atoms in total. The van der Waals surface area contributed by atoms with Crippen molar-refractivity contribution in [3.05, 3.63) is 72.3 Å². The van der Waals surface area contributed by atoms with E-state index >= 15 is 0 Å². The largest absolute Gasteiger partial charge is 0.481 e. The highest BCUT2D eigenvalue weighted by Gasteiger charge is 2.35. The van der Waals surface area contributed by atoms with E-state index in [-0.39, 0.29) is 5.91 Å². The number of anilines is 2. The second kappa shape index (κ2) is 11.4. The average molecular weight is 526 g/mol. The molecule has 5 rings (SSSR count). The number of carboxylic acid groups (broad SMARTS) is 1. The van der Waals surface area contributed by atoms with Crippen molar-refractivity contribution in [2.45, 2.75) is 39.2 Å². The van der Waals surface area contributed by atoms with Gasteiger partial charge >= 0.3 is 5.97 Å². The van der Waals surface area contributed by atoms with Crippen molar-refractivity contribution in [1.29, 1.82) is 0 Å². The van der Waals surface area contributed by atoms with Crippen LogP contribution >= 0.6 is 0 Å². The van der Waals surface area contributed by atoms with E-state index in [1.54, 1.807) is 17.1 Å². The first-order valence-electron chi connectivity index (χ1n) is 13.1. The van der Waals surface area contributed by atoms with Crippen LogP contribution in [0.3, 0.4) is 0 Å². The van der Waals surface area contributed by atoms with E-state index < -0.39 is 17.8 Å². The number of aromatic nitrogens is 5. The first kappa shape index (κ1) is 26.0. The molecule has 0 spiro atoms. The van der Waals surface area contributed by atoms with E-state index in [4.69, 9.17) is 4.98 Å². The molecule has 1 amide bonds. The Kier molecular flexibility index (Phi) is 7.62. The fraction of sp³-hybridized carbons (Fsp3) is 0.310. The number of pyridine rings is 1. The summed E-state index contributed by atoms with van der Waals surface area (Å²) in [5, 5.41) is 20.2. The van der Waals surface area contributed by atoms with Gasteiger partial charge in [0.2, 0.25) is 11.9 Å². The standard InChI is InChI=1S/C29H31N7O3/c1-18-23(34-27(37)20-10-6-7-11-21(20)28(38)39)12-13-25(33-18)22-16-32-36(2)26(22)17-31-29-30-15-14-24(35-29)19-8-4-3-5-9-19/h3-5,8-9,12-16,20-21H,6-7,10-11,17H2,1-2H3,(H,34,37)(H,38,39)(H,30,31,35)/t20-,21-/m0/s1. The first-order valence-corrected chi connectivity index (χ1v) is 13.1. The number of hydrogen-bond donors (Lipinski definition) is 3. The minimum atomic E-state index is -0.907. The van der Waals surface area contributed by atoms with Crippen molar-refractivity contribution >= 4 is 23.5 Å². The quantitative estimate of drug-likeness (QED) is 0.302. The summed E-state index contributed by atoms with van der Waals surface area (Å²) in [6, 6.07) is 15.4. The molecule has 2 atom stereocenters. The van der Waals surface area contributed by atoms with Crippen LogP contribution in [0.2, 0.25) is 0 Å². The molecule has 1 fully saturated rings. The van der Waals surface area contributed by atoms with Gasteiger partial charge in [-0.3, -0.25) is 19.3 Å². The van der Waals surface area contributed by atoms with Crippen LogP contribution in [-0.2, 0) is 23.2 Å². The van der Waals surface area contributed by atoms with Gasteiger partial charge in [-0.15, -0.1) is 0 Å². The lowest BCUT2D eigenvalue weighted by molar-refractivity contribution is -0.147. The smallest absolute Gasteiger partial charge is 0.307 e. The van der Waals surface area contributed by atoms with E-state index in [0.717, 1.165) is 41.1 Å². The Labute approximate surface area is 226 Å². The Hall–Kier alpha value is -4.60. The summed E-state index contributed by atoms with van der Waals surface area (Å²) >= 11 is 0. The number of aliphatic carboxylic acids is 1. The van der Waals surface area contributed by atoms with Crippen LogP contribution in [0.15, 0.2) is 60.9 Å². The van der Waals surface area contributed by atoms with Crippen LogP contribution in [0.1, 0.15) is 37.1 Å². The molecule has 10 heteroatoms. The summed E-state index contributed by atoms with van der Waals surface area (Å²) in [4.78, 5) is 38.3. The van der Waals surface area contributed by atoms with Gasteiger partial charge in [-0.05, 0) is 38.0 Å². The van der Waals surface area contributed by atoms with E-state index in [1.807, 2.05) is 62.5 Å². The van der Waals surface area contributed by atoms with Crippen LogP contribution in [0, 0.1) is 18.8 Å². The minimum Gasteiger partial charge on any atom is -0.481 e. The van der Waals surface area contributed by atoms with Crippen molar-refractivity contribution in [1.82, 2.24) is 24.7 Å². The highest BCUT2D eigenvalue weighted by atomic mass is 16.4. The molecule has 1 aliphatic carbocycles. The predicted molar refractivity (Wildman–Crippen MR) is 148 cm³/mol. The van der Waals surface area contributed by atoms with Crippen molar-refractivity contribution in [3.8, 4) is 22.5 Å². The molecule has 1 aromatic carbocycles. The number of carbonyl (C=O) groups is 2. The molecule has 3 heterocycles. The molecule has 4 aromatic rings.